The van der Waals surface area contributed by atoms with Crippen LogP contribution in [0.5, 0.6) is 0 Å². The van der Waals surface area contributed by atoms with Crippen molar-refractivity contribution in [2.24, 2.45) is 0 Å². The second-order valence-corrected chi connectivity index (χ2v) is 9.90. The van der Waals surface area contributed by atoms with Gasteiger partial charge in [0.05, 0.1) is 6.61 Å². The van der Waals surface area contributed by atoms with E-state index in [0.717, 1.165) is 13.0 Å². The number of halogens is 1. The normalized spacial score (nSPS) is 15.8. The summed E-state index contributed by atoms with van der Waals surface area (Å²) < 4.78 is 6.26. The summed E-state index contributed by atoms with van der Waals surface area (Å²) in [5, 5.41) is 2.90. The van der Waals surface area contributed by atoms with Crippen molar-refractivity contribution in [3.8, 4) is 0 Å². The molecule has 1 saturated heterocycles. The van der Waals surface area contributed by atoms with Crippen molar-refractivity contribution in [1.82, 2.24) is 0 Å². The number of hydrogen-bond donors (Lipinski definition) is 0. The van der Waals surface area contributed by atoms with Crippen LogP contribution in [0.2, 0.25) is 6.55 Å². The Kier molecular flexibility index (Phi) is 6.30. The van der Waals surface area contributed by atoms with Crippen LogP contribution < -0.4 is 27.4 Å². The summed E-state index contributed by atoms with van der Waals surface area (Å²) in [6, 6.07) is 21.9. The van der Waals surface area contributed by atoms with Gasteiger partial charge in [0, 0.05) is 0 Å². The zero-order valence-corrected chi connectivity index (χ0v) is 15.7. The highest BCUT2D eigenvalue weighted by molar-refractivity contribution is 7.05. The number of ether oxygens (including phenoxy) is 1. The second kappa shape index (κ2) is 8.00. The summed E-state index contributed by atoms with van der Waals surface area (Å²) in [5.74, 6) is 0. The van der Waals surface area contributed by atoms with Gasteiger partial charge < -0.3 is 17.0 Å². The van der Waals surface area contributed by atoms with Gasteiger partial charge in [0.25, 0.3) is 0 Å². The molecule has 22 heavy (non-hydrogen) atoms. The number of hydrogen-bond acceptors (Lipinski definition) is 1. The van der Waals surface area contributed by atoms with E-state index < -0.39 is 8.07 Å². The lowest BCUT2D eigenvalue weighted by molar-refractivity contribution is -0.00000494. The minimum Gasteiger partial charge on any atom is -1.00 e. The molecule has 3 heteroatoms. The first-order valence-corrected chi connectivity index (χ1v) is 10.4. The second-order valence-electron chi connectivity index (χ2n) is 5.94. The standard InChI is InChI=1S/C19H23OSi.BrH/c1-21(17-11-5-2-6-12-17,18-13-7-3-8-14-18)19-15-9-4-10-16-20-19;/h2-3,5-8,11-14H,4,9-10,15-16H2,1H3;1H/q+1;/p-1. The van der Waals surface area contributed by atoms with Gasteiger partial charge in [-0.25, -0.2) is 4.74 Å². The van der Waals surface area contributed by atoms with Gasteiger partial charge in [-0.15, -0.1) is 0 Å². The highest BCUT2D eigenvalue weighted by Crippen LogP contribution is 2.28. The molecule has 1 fully saturated rings. The largest absolute Gasteiger partial charge is 1.00 e. The van der Waals surface area contributed by atoms with Crippen LogP contribution in [0.1, 0.15) is 25.7 Å². The lowest BCUT2D eigenvalue weighted by atomic mass is 10.2. The van der Waals surface area contributed by atoms with E-state index in [4.69, 9.17) is 4.74 Å². The molecule has 0 aromatic heterocycles. The number of rotatable bonds is 3. The summed E-state index contributed by atoms with van der Waals surface area (Å²) in [6.07, 6.45) is 4.86. The van der Waals surface area contributed by atoms with Crippen LogP contribution in [-0.4, -0.2) is 14.7 Å². The maximum absolute atomic E-state index is 6.26. The minimum absolute atomic E-state index is 0. The van der Waals surface area contributed by atoms with Crippen molar-refractivity contribution in [3.05, 3.63) is 66.4 Å². The lowest BCUT2D eigenvalue weighted by Gasteiger charge is -2.24. The fourth-order valence-corrected chi connectivity index (χ4v) is 7.02. The fourth-order valence-electron chi connectivity index (χ4n) is 3.26. The Bertz CT molecular complexity index is 511. The maximum Gasteiger partial charge on any atom is 0.369 e. The first-order chi connectivity index (χ1) is 10.3. The smallest absolute Gasteiger partial charge is 0.369 e. The van der Waals surface area contributed by atoms with E-state index in [2.05, 4.69) is 67.2 Å². The molecule has 0 unspecified atom stereocenters. The van der Waals surface area contributed by atoms with E-state index in [1.807, 2.05) is 0 Å². The molecule has 0 spiro atoms. The van der Waals surface area contributed by atoms with Crippen molar-refractivity contribution < 1.29 is 21.7 Å². The van der Waals surface area contributed by atoms with Gasteiger partial charge in [-0.2, -0.15) is 0 Å². The van der Waals surface area contributed by atoms with Crippen LogP contribution in [0.3, 0.4) is 0 Å². The molecule has 116 valence electrons. The van der Waals surface area contributed by atoms with Gasteiger partial charge >= 0.3 is 8.07 Å². The molecular weight excluding hydrogens is 352 g/mol. The molecule has 0 saturated carbocycles. The molecule has 3 rings (SSSR count). The van der Waals surface area contributed by atoms with Crippen molar-refractivity contribution in [1.29, 1.82) is 0 Å². The zero-order valence-electron chi connectivity index (χ0n) is 13.1. The van der Waals surface area contributed by atoms with Crippen molar-refractivity contribution >= 4 is 18.4 Å². The topological polar surface area (TPSA) is 9.23 Å². The Balaban J connectivity index is 0.00000176. The first kappa shape index (κ1) is 17.3. The third-order valence-corrected chi connectivity index (χ3v) is 9.07. The Hall–Kier alpha value is -1.03. The Labute approximate surface area is 145 Å². The number of benzene rings is 2. The summed E-state index contributed by atoms with van der Waals surface area (Å²) in [5.41, 5.74) is 1.36. The van der Waals surface area contributed by atoms with Crippen LogP contribution in [0.15, 0.2) is 60.7 Å². The summed E-state index contributed by atoms with van der Waals surface area (Å²) in [6.45, 7) is 3.33. The molecule has 0 aliphatic carbocycles. The van der Waals surface area contributed by atoms with Crippen molar-refractivity contribution in [2.75, 3.05) is 6.61 Å². The van der Waals surface area contributed by atoms with Gasteiger partial charge in [0.15, 0.2) is 5.73 Å². The third-order valence-electron chi connectivity index (χ3n) is 4.58. The molecule has 0 bridgehead atoms. The fraction of sp³-hybridized carbons (Fsp3) is 0.316. The maximum atomic E-state index is 6.26. The predicted molar refractivity (Wildman–Crippen MR) is 91.4 cm³/mol. The molecule has 0 radical (unpaired) electrons. The molecular formula is C19H23BrOSi. The van der Waals surface area contributed by atoms with Crippen LogP contribution in [0.4, 0.5) is 0 Å². The van der Waals surface area contributed by atoms with E-state index in [1.54, 1.807) is 0 Å². The van der Waals surface area contributed by atoms with Gasteiger partial charge in [-0.1, -0.05) is 60.7 Å². The van der Waals surface area contributed by atoms with E-state index in [9.17, 15) is 0 Å². The van der Waals surface area contributed by atoms with Crippen LogP contribution >= 0.6 is 0 Å². The first-order valence-electron chi connectivity index (χ1n) is 7.92. The van der Waals surface area contributed by atoms with E-state index in [0.29, 0.717) is 0 Å². The summed E-state index contributed by atoms with van der Waals surface area (Å²) in [4.78, 5) is 0. The molecule has 1 aliphatic rings. The molecule has 2 aromatic carbocycles. The van der Waals surface area contributed by atoms with Gasteiger partial charge in [0.2, 0.25) is 0 Å². The van der Waals surface area contributed by atoms with E-state index >= 15 is 0 Å². The highest BCUT2D eigenvalue weighted by atomic mass is 79.9. The third kappa shape index (κ3) is 3.48. The monoisotopic (exact) mass is 374 g/mol. The summed E-state index contributed by atoms with van der Waals surface area (Å²) >= 11 is 0. The molecule has 0 atom stereocenters. The Morgan fingerprint density at radius 2 is 1.36 bits per heavy atom. The zero-order chi connectivity index (χ0) is 14.5. The van der Waals surface area contributed by atoms with Crippen molar-refractivity contribution in [2.45, 2.75) is 32.2 Å². The molecule has 1 nitrogen and oxygen atoms in total. The van der Waals surface area contributed by atoms with Gasteiger partial charge in [-0.3, -0.25) is 0 Å². The highest BCUT2D eigenvalue weighted by Gasteiger charge is 2.54. The molecule has 1 aliphatic heterocycles. The molecule has 1 heterocycles. The van der Waals surface area contributed by atoms with Crippen LogP contribution in [0, 0.1) is 5.73 Å². The SMILES string of the molecule is C[Si](c1ccccc1)(c1ccccc1)[C+]1CCCCCO1.[Br-]. The lowest BCUT2D eigenvalue weighted by Crippen LogP contribution is -3.00. The predicted octanol–water partition coefficient (Wildman–Crippen LogP) is 0.545. The van der Waals surface area contributed by atoms with Crippen LogP contribution in [-0.2, 0) is 4.74 Å². The van der Waals surface area contributed by atoms with Crippen LogP contribution in [0.25, 0.3) is 0 Å². The average Bonchev–Trinajstić information content (AvgIpc) is 2.85. The molecule has 0 N–H and O–H groups in total. The quantitative estimate of drug-likeness (QED) is 0.562. The average molecular weight is 375 g/mol. The van der Waals surface area contributed by atoms with Gasteiger partial charge in [0.1, 0.15) is 6.42 Å². The Morgan fingerprint density at radius 1 is 0.818 bits per heavy atom. The minimum atomic E-state index is -1.94. The molecule has 0 amide bonds. The van der Waals surface area contributed by atoms with Gasteiger partial charge in [-0.05, 0) is 36.2 Å². The summed E-state index contributed by atoms with van der Waals surface area (Å²) in [7, 11) is -1.94. The van der Waals surface area contributed by atoms with E-state index in [1.165, 1.54) is 35.4 Å². The molecule has 2 aromatic rings. The Morgan fingerprint density at radius 3 is 1.91 bits per heavy atom. The van der Waals surface area contributed by atoms with Crippen molar-refractivity contribution in [3.63, 3.8) is 0 Å². The van der Waals surface area contributed by atoms with E-state index in [-0.39, 0.29) is 17.0 Å².